The van der Waals surface area contributed by atoms with E-state index >= 15 is 0 Å². The zero-order valence-electron chi connectivity index (χ0n) is 14.2. The highest BCUT2D eigenvalue weighted by Gasteiger charge is 2.32. The lowest BCUT2D eigenvalue weighted by Gasteiger charge is -2.23. The molecular weight excluding hydrogens is 436 g/mol. The summed E-state index contributed by atoms with van der Waals surface area (Å²) in [5, 5.41) is 9.05. The highest BCUT2D eigenvalue weighted by molar-refractivity contribution is 14.0. The number of hydrogen-bond donors (Lipinski definition) is 3. The summed E-state index contributed by atoms with van der Waals surface area (Å²) < 4.78 is 37.6. The Morgan fingerprint density at radius 1 is 1.25 bits per heavy atom. The Bertz CT molecular complexity index is 528. The SMILES string of the molecule is CCNC(=NCCNc1nccc(C(F)(F)F)n1)NC(C)(C)C.I. The third kappa shape index (κ3) is 9.08. The summed E-state index contributed by atoms with van der Waals surface area (Å²) in [6, 6.07) is 0.833. The minimum atomic E-state index is -4.48. The summed E-state index contributed by atoms with van der Waals surface area (Å²) in [6.07, 6.45) is -3.40. The molecule has 0 bridgehead atoms. The van der Waals surface area contributed by atoms with Crippen LogP contribution in [0, 0.1) is 0 Å². The Hall–Kier alpha value is -1.33. The Morgan fingerprint density at radius 2 is 1.92 bits per heavy atom. The molecule has 0 saturated carbocycles. The topological polar surface area (TPSA) is 74.2 Å². The molecule has 0 radical (unpaired) electrons. The van der Waals surface area contributed by atoms with Crippen LogP contribution in [-0.2, 0) is 6.18 Å². The van der Waals surface area contributed by atoms with Crippen molar-refractivity contribution in [2.24, 2.45) is 4.99 Å². The van der Waals surface area contributed by atoms with E-state index in [-0.39, 0.29) is 35.5 Å². The molecule has 0 amide bonds. The van der Waals surface area contributed by atoms with Crippen molar-refractivity contribution in [1.82, 2.24) is 20.6 Å². The lowest BCUT2D eigenvalue weighted by molar-refractivity contribution is -0.141. The summed E-state index contributed by atoms with van der Waals surface area (Å²) in [7, 11) is 0. The van der Waals surface area contributed by atoms with Gasteiger partial charge >= 0.3 is 6.18 Å². The van der Waals surface area contributed by atoms with Crippen molar-refractivity contribution >= 4 is 35.9 Å². The minimum Gasteiger partial charge on any atom is -0.357 e. The molecule has 0 unspecified atom stereocenters. The first-order chi connectivity index (χ1) is 10.6. The van der Waals surface area contributed by atoms with Crippen molar-refractivity contribution in [1.29, 1.82) is 0 Å². The molecule has 0 aromatic carbocycles. The monoisotopic (exact) mass is 460 g/mol. The number of anilines is 1. The second kappa shape index (κ2) is 9.84. The van der Waals surface area contributed by atoms with Gasteiger partial charge in [-0.05, 0) is 33.8 Å². The average molecular weight is 460 g/mol. The predicted octanol–water partition coefficient (Wildman–Crippen LogP) is 2.88. The fraction of sp³-hybridized carbons (Fsp3) is 0.643. The fourth-order valence-electron chi connectivity index (χ4n) is 1.60. The summed E-state index contributed by atoms with van der Waals surface area (Å²) in [5.74, 6) is 0.579. The van der Waals surface area contributed by atoms with Gasteiger partial charge in [-0.1, -0.05) is 0 Å². The fourth-order valence-corrected chi connectivity index (χ4v) is 1.60. The average Bonchev–Trinajstić information content (AvgIpc) is 2.41. The molecule has 0 aliphatic rings. The molecule has 24 heavy (non-hydrogen) atoms. The van der Waals surface area contributed by atoms with Gasteiger partial charge in [-0.15, -0.1) is 24.0 Å². The van der Waals surface area contributed by atoms with Gasteiger partial charge in [0, 0.05) is 24.8 Å². The van der Waals surface area contributed by atoms with E-state index in [1.54, 1.807) is 0 Å². The third-order valence-corrected chi connectivity index (χ3v) is 2.45. The molecule has 0 aliphatic heterocycles. The largest absolute Gasteiger partial charge is 0.433 e. The van der Waals surface area contributed by atoms with E-state index in [0.717, 1.165) is 12.3 Å². The Morgan fingerprint density at radius 3 is 2.46 bits per heavy atom. The number of aromatic nitrogens is 2. The molecule has 0 fully saturated rings. The number of halogens is 4. The summed E-state index contributed by atoms with van der Waals surface area (Å²) in [4.78, 5) is 11.5. The standard InChI is InChI=1S/C14H23F3N6.HI/c1-5-18-12(23-13(2,3)4)21-9-8-20-11-19-7-6-10(22-11)14(15,16)17;/h6-7H,5,8-9H2,1-4H3,(H2,18,21,23)(H,19,20,22);1H. The van der Waals surface area contributed by atoms with E-state index in [0.29, 0.717) is 25.6 Å². The molecular formula is C14H24F3IN6. The van der Waals surface area contributed by atoms with Gasteiger partial charge in [-0.3, -0.25) is 4.99 Å². The molecule has 1 rings (SSSR count). The lowest BCUT2D eigenvalue weighted by Crippen LogP contribution is -2.47. The van der Waals surface area contributed by atoms with E-state index in [1.807, 2.05) is 27.7 Å². The van der Waals surface area contributed by atoms with Gasteiger partial charge < -0.3 is 16.0 Å². The van der Waals surface area contributed by atoms with Crippen molar-refractivity contribution in [2.75, 3.05) is 25.0 Å². The van der Waals surface area contributed by atoms with Crippen LogP contribution in [0.2, 0.25) is 0 Å². The Labute approximate surface area is 157 Å². The van der Waals surface area contributed by atoms with Crippen molar-refractivity contribution in [3.05, 3.63) is 18.0 Å². The number of alkyl halides is 3. The van der Waals surface area contributed by atoms with Crippen molar-refractivity contribution < 1.29 is 13.2 Å². The van der Waals surface area contributed by atoms with Gasteiger partial charge in [0.05, 0.1) is 6.54 Å². The van der Waals surface area contributed by atoms with Gasteiger partial charge in [0.1, 0.15) is 5.69 Å². The first-order valence-electron chi connectivity index (χ1n) is 7.32. The van der Waals surface area contributed by atoms with E-state index in [1.165, 1.54) is 0 Å². The van der Waals surface area contributed by atoms with E-state index in [2.05, 4.69) is 30.9 Å². The summed E-state index contributed by atoms with van der Waals surface area (Å²) >= 11 is 0. The second-order valence-electron chi connectivity index (χ2n) is 5.83. The van der Waals surface area contributed by atoms with Crippen LogP contribution >= 0.6 is 24.0 Å². The minimum absolute atomic E-state index is 0. The summed E-state index contributed by atoms with van der Waals surface area (Å²) in [5.41, 5.74) is -1.11. The Balaban J connectivity index is 0.00000529. The van der Waals surface area contributed by atoms with Crippen molar-refractivity contribution in [3.8, 4) is 0 Å². The second-order valence-corrected chi connectivity index (χ2v) is 5.83. The molecule has 10 heteroatoms. The number of aliphatic imine (C=N–C) groups is 1. The zero-order valence-corrected chi connectivity index (χ0v) is 16.5. The van der Waals surface area contributed by atoms with Crippen LogP contribution in [0.25, 0.3) is 0 Å². The van der Waals surface area contributed by atoms with Crippen LogP contribution < -0.4 is 16.0 Å². The molecule has 0 aliphatic carbocycles. The highest BCUT2D eigenvalue weighted by Crippen LogP contribution is 2.27. The molecule has 138 valence electrons. The molecule has 3 N–H and O–H groups in total. The number of rotatable bonds is 5. The normalized spacial score (nSPS) is 12.4. The maximum Gasteiger partial charge on any atom is 0.433 e. The molecule has 1 aromatic rings. The number of guanidine groups is 1. The van der Waals surface area contributed by atoms with Crippen LogP contribution in [0.3, 0.4) is 0 Å². The smallest absolute Gasteiger partial charge is 0.357 e. The van der Waals surface area contributed by atoms with Crippen LogP contribution in [0.4, 0.5) is 19.1 Å². The van der Waals surface area contributed by atoms with E-state index in [9.17, 15) is 13.2 Å². The van der Waals surface area contributed by atoms with Gasteiger partial charge in [0.15, 0.2) is 5.96 Å². The van der Waals surface area contributed by atoms with Gasteiger partial charge in [0.25, 0.3) is 0 Å². The number of hydrogen-bond acceptors (Lipinski definition) is 4. The lowest BCUT2D eigenvalue weighted by atomic mass is 10.1. The van der Waals surface area contributed by atoms with Crippen molar-refractivity contribution in [2.45, 2.75) is 39.4 Å². The molecule has 0 atom stereocenters. The number of nitrogens with one attached hydrogen (secondary N) is 3. The van der Waals surface area contributed by atoms with Crippen LogP contribution in [0.15, 0.2) is 17.3 Å². The maximum absolute atomic E-state index is 12.5. The molecule has 1 heterocycles. The van der Waals surface area contributed by atoms with E-state index in [4.69, 9.17) is 0 Å². The summed E-state index contributed by atoms with van der Waals surface area (Å²) in [6.45, 7) is 9.38. The molecule has 0 spiro atoms. The molecule has 1 aromatic heterocycles. The highest BCUT2D eigenvalue weighted by atomic mass is 127. The zero-order chi connectivity index (χ0) is 17.5. The molecule has 0 saturated heterocycles. The van der Waals surface area contributed by atoms with Crippen LogP contribution in [0.1, 0.15) is 33.4 Å². The quantitative estimate of drug-likeness (QED) is 0.273. The van der Waals surface area contributed by atoms with Crippen LogP contribution in [-0.4, -0.2) is 41.1 Å². The van der Waals surface area contributed by atoms with Crippen LogP contribution in [0.5, 0.6) is 0 Å². The molecule has 6 nitrogen and oxygen atoms in total. The first-order valence-corrected chi connectivity index (χ1v) is 7.32. The predicted molar refractivity (Wildman–Crippen MR) is 99.8 cm³/mol. The maximum atomic E-state index is 12.5. The Kier molecular flexibility index (Phi) is 9.30. The van der Waals surface area contributed by atoms with Crippen molar-refractivity contribution in [3.63, 3.8) is 0 Å². The van der Waals surface area contributed by atoms with Gasteiger partial charge in [-0.25, -0.2) is 9.97 Å². The van der Waals surface area contributed by atoms with E-state index < -0.39 is 11.9 Å². The number of nitrogens with zero attached hydrogens (tertiary/aromatic N) is 3. The van der Waals surface area contributed by atoms with Gasteiger partial charge in [0.2, 0.25) is 5.95 Å². The first kappa shape index (κ1) is 22.7. The third-order valence-electron chi connectivity index (χ3n) is 2.45. The van der Waals surface area contributed by atoms with Gasteiger partial charge in [-0.2, -0.15) is 13.2 Å².